The van der Waals surface area contributed by atoms with Crippen LogP contribution in [0.1, 0.15) is 16.7 Å². The molecule has 0 amide bonds. The van der Waals surface area contributed by atoms with E-state index < -0.39 is 0 Å². The number of thioether (sulfide) groups is 1. The lowest BCUT2D eigenvalue weighted by molar-refractivity contribution is 0.999. The molecule has 0 radical (unpaired) electrons. The van der Waals surface area contributed by atoms with Crippen molar-refractivity contribution in [3.8, 4) is 11.3 Å². The molecule has 0 aliphatic heterocycles. The molecule has 0 unspecified atom stereocenters. The quantitative estimate of drug-likeness (QED) is 0.620. The average molecular weight is 365 g/mol. The molecule has 0 fully saturated rings. The van der Waals surface area contributed by atoms with E-state index in [1.54, 1.807) is 11.8 Å². The van der Waals surface area contributed by atoms with Crippen molar-refractivity contribution in [1.29, 1.82) is 0 Å². The van der Waals surface area contributed by atoms with E-state index in [1.807, 2.05) is 12.1 Å². The van der Waals surface area contributed by atoms with Crippen LogP contribution >= 0.6 is 11.8 Å². The van der Waals surface area contributed by atoms with Crippen LogP contribution in [0.5, 0.6) is 0 Å². The summed E-state index contributed by atoms with van der Waals surface area (Å²) in [5.74, 6) is 1.05. The highest BCUT2D eigenvalue weighted by Crippen LogP contribution is 2.26. The van der Waals surface area contributed by atoms with E-state index in [-0.39, 0.29) is 5.95 Å². The molecule has 0 aliphatic rings. The first kappa shape index (κ1) is 18.3. The zero-order valence-corrected chi connectivity index (χ0v) is 16.2. The minimum atomic E-state index is 0.287. The Morgan fingerprint density at radius 3 is 2.54 bits per heavy atom. The molecule has 26 heavy (non-hydrogen) atoms. The third kappa shape index (κ3) is 4.35. The van der Waals surface area contributed by atoms with Crippen LogP contribution in [0.2, 0.25) is 0 Å². The second kappa shape index (κ2) is 8.23. The molecule has 0 spiro atoms. The SMILES string of the molecule is CSc1ccc(CCNc2cc(-c3cccc(C)c3C)nc(N)n2)cc1. The molecule has 1 heterocycles. The number of aromatic nitrogens is 2. The Balaban J connectivity index is 1.72. The molecule has 5 heteroatoms. The van der Waals surface area contributed by atoms with Crippen LogP contribution in [0.3, 0.4) is 0 Å². The first-order valence-corrected chi connectivity index (χ1v) is 9.87. The van der Waals surface area contributed by atoms with Crippen LogP contribution in [-0.4, -0.2) is 22.8 Å². The number of nitrogens with two attached hydrogens (primary N) is 1. The van der Waals surface area contributed by atoms with Gasteiger partial charge in [-0.2, -0.15) is 4.98 Å². The first-order chi connectivity index (χ1) is 12.6. The molecule has 0 atom stereocenters. The van der Waals surface area contributed by atoms with Gasteiger partial charge >= 0.3 is 0 Å². The fraction of sp³-hybridized carbons (Fsp3) is 0.238. The van der Waals surface area contributed by atoms with E-state index in [1.165, 1.54) is 21.6 Å². The molecule has 2 aromatic carbocycles. The third-order valence-corrected chi connectivity index (χ3v) is 5.25. The third-order valence-electron chi connectivity index (χ3n) is 4.50. The topological polar surface area (TPSA) is 63.8 Å². The van der Waals surface area contributed by atoms with Crippen LogP contribution in [0.15, 0.2) is 53.4 Å². The van der Waals surface area contributed by atoms with Gasteiger partial charge in [-0.15, -0.1) is 11.8 Å². The smallest absolute Gasteiger partial charge is 0.222 e. The summed E-state index contributed by atoms with van der Waals surface area (Å²) < 4.78 is 0. The highest BCUT2D eigenvalue weighted by molar-refractivity contribution is 7.98. The minimum Gasteiger partial charge on any atom is -0.370 e. The molecule has 3 N–H and O–H groups in total. The van der Waals surface area contributed by atoms with E-state index in [4.69, 9.17) is 5.73 Å². The van der Waals surface area contributed by atoms with Crippen molar-refractivity contribution in [3.63, 3.8) is 0 Å². The molecule has 1 aromatic heterocycles. The number of rotatable bonds is 6. The van der Waals surface area contributed by atoms with Crippen LogP contribution < -0.4 is 11.1 Å². The summed E-state index contributed by atoms with van der Waals surface area (Å²) in [7, 11) is 0. The zero-order chi connectivity index (χ0) is 18.5. The van der Waals surface area contributed by atoms with Crippen molar-refractivity contribution in [3.05, 3.63) is 65.2 Å². The summed E-state index contributed by atoms with van der Waals surface area (Å²) >= 11 is 1.75. The lowest BCUT2D eigenvalue weighted by Gasteiger charge is -2.11. The Morgan fingerprint density at radius 1 is 1.04 bits per heavy atom. The van der Waals surface area contributed by atoms with Crippen molar-refractivity contribution in [2.45, 2.75) is 25.2 Å². The molecule has 3 rings (SSSR count). The number of nitrogens with zero attached hydrogens (tertiary/aromatic N) is 2. The van der Waals surface area contributed by atoms with Crippen LogP contribution in [-0.2, 0) is 6.42 Å². The predicted octanol–water partition coefficient (Wildman–Crippen LogP) is 4.72. The number of aryl methyl sites for hydroxylation is 1. The van der Waals surface area contributed by atoms with Crippen molar-refractivity contribution in [2.75, 3.05) is 23.9 Å². The van der Waals surface area contributed by atoms with Gasteiger partial charge in [-0.05, 0) is 55.3 Å². The molecule has 0 saturated heterocycles. The monoisotopic (exact) mass is 364 g/mol. The summed E-state index contributed by atoms with van der Waals surface area (Å²) in [5.41, 5.74) is 11.6. The van der Waals surface area contributed by atoms with E-state index in [9.17, 15) is 0 Å². The van der Waals surface area contributed by atoms with Gasteiger partial charge in [0.25, 0.3) is 0 Å². The first-order valence-electron chi connectivity index (χ1n) is 8.65. The van der Waals surface area contributed by atoms with Crippen LogP contribution in [0, 0.1) is 13.8 Å². The summed E-state index contributed by atoms with van der Waals surface area (Å²) in [6.07, 6.45) is 3.01. The summed E-state index contributed by atoms with van der Waals surface area (Å²) in [6.45, 7) is 5.00. The number of hydrogen-bond donors (Lipinski definition) is 2. The van der Waals surface area contributed by atoms with E-state index in [0.717, 1.165) is 30.0 Å². The van der Waals surface area contributed by atoms with Crippen molar-refractivity contribution in [2.24, 2.45) is 0 Å². The van der Waals surface area contributed by atoms with Crippen molar-refractivity contribution >= 4 is 23.5 Å². The van der Waals surface area contributed by atoms with E-state index in [2.05, 4.69) is 71.8 Å². The van der Waals surface area contributed by atoms with E-state index in [0.29, 0.717) is 0 Å². The lowest BCUT2D eigenvalue weighted by Crippen LogP contribution is -2.08. The second-order valence-corrected chi connectivity index (χ2v) is 7.15. The Bertz CT molecular complexity index is 891. The fourth-order valence-corrected chi connectivity index (χ4v) is 3.26. The molecule has 0 bridgehead atoms. The molecule has 134 valence electrons. The molecule has 0 saturated carbocycles. The summed E-state index contributed by atoms with van der Waals surface area (Å²) in [5, 5.41) is 3.37. The van der Waals surface area contributed by atoms with Gasteiger partial charge in [0.05, 0.1) is 5.69 Å². The zero-order valence-electron chi connectivity index (χ0n) is 15.4. The highest BCUT2D eigenvalue weighted by Gasteiger charge is 2.08. The molecular formula is C21H24N4S. The van der Waals surface area contributed by atoms with Gasteiger partial charge in [0.15, 0.2) is 0 Å². The number of anilines is 2. The van der Waals surface area contributed by atoms with E-state index >= 15 is 0 Å². The van der Waals surface area contributed by atoms with Gasteiger partial charge in [0.1, 0.15) is 5.82 Å². The van der Waals surface area contributed by atoms with Gasteiger partial charge in [-0.25, -0.2) is 4.98 Å². The summed E-state index contributed by atoms with van der Waals surface area (Å²) in [4.78, 5) is 10.0. The second-order valence-electron chi connectivity index (χ2n) is 6.27. The van der Waals surface area contributed by atoms with Gasteiger partial charge in [-0.1, -0.05) is 30.3 Å². The van der Waals surface area contributed by atoms with Crippen LogP contribution in [0.25, 0.3) is 11.3 Å². The van der Waals surface area contributed by atoms with Gasteiger partial charge in [0, 0.05) is 23.1 Å². The largest absolute Gasteiger partial charge is 0.370 e. The Hall–Kier alpha value is -2.53. The summed E-state index contributed by atoms with van der Waals surface area (Å²) in [6, 6.07) is 16.8. The number of nitrogen functional groups attached to an aromatic ring is 1. The van der Waals surface area contributed by atoms with Crippen molar-refractivity contribution in [1.82, 2.24) is 9.97 Å². The van der Waals surface area contributed by atoms with Crippen molar-refractivity contribution < 1.29 is 0 Å². The maximum atomic E-state index is 5.94. The normalized spacial score (nSPS) is 10.7. The highest BCUT2D eigenvalue weighted by atomic mass is 32.2. The fourth-order valence-electron chi connectivity index (χ4n) is 2.85. The number of hydrogen-bond acceptors (Lipinski definition) is 5. The molecule has 0 aliphatic carbocycles. The van der Waals surface area contributed by atoms with Crippen LogP contribution in [0.4, 0.5) is 11.8 Å². The maximum absolute atomic E-state index is 5.94. The number of nitrogens with one attached hydrogen (secondary N) is 1. The standard InChI is InChI=1S/C21H24N4S/c1-14-5-4-6-18(15(14)2)19-13-20(25-21(22)24-19)23-12-11-16-7-9-17(26-3)10-8-16/h4-10,13H,11-12H2,1-3H3,(H3,22,23,24,25). The lowest BCUT2D eigenvalue weighted by atomic mass is 10.0. The molecule has 4 nitrogen and oxygen atoms in total. The Morgan fingerprint density at radius 2 is 1.81 bits per heavy atom. The average Bonchev–Trinajstić information content (AvgIpc) is 2.64. The van der Waals surface area contributed by atoms with Gasteiger partial charge in [0.2, 0.25) is 5.95 Å². The molecule has 3 aromatic rings. The Labute approximate surface area is 159 Å². The predicted molar refractivity (Wildman–Crippen MR) is 112 cm³/mol. The number of benzene rings is 2. The minimum absolute atomic E-state index is 0.287. The van der Waals surface area contributed by atoms with Gasteiger partial charge in [-0.3, -0.25) is 0 Å². The molecular weight excluding hydrogens is 340 g/mol. The maximum Gasteiger partial charge on any atom is 0.222 e. The van der Waals surface area contributed by atoms with Gasteiger partial charge < -0.3 is 11.1 Å². The Kier molecular flexibility index (Phi) is 5.78.